The van der Waals surface area contributed by atoms with Gasteiger partial charge in [0.2, 0.25) is 0 Å². The number of benzene rings is 2. The summed E-state index contributed by atoms with van der Waals surface area (Å²) >= 11 is 0. The van der Waals surface area contributed by atoms with Crippen molar-refractivity contribution in [2.45, 2.75) is 25.7 Å². The van der Waals surface area contributed by atoms with E-state index in [1.165, 1.54) is 65.1 Å². The molecular weight excluding hydrogens is 318 g/mol. The quantitative estimate of drug-likeness (QED) is 0.584. The van der Waals surface area contributed by atoms with E-state index in [0.29, 0.717) is 0 Å². The van der Waals surface area contributed by atoms with E-state index in [1.807, 2.05) is 0 Å². The second-order valence-electron chi connectivity index (χ2n) is 7.33. The lowest BCUT2D eigenvalue weighted by Crippen LogP contribution is -2.24. The first-order valence-corrected chi connectivity index (χ1v) is 9.42. The van der Waals surface area contributed by atoms with Gasteiger partial charge in [-0.1, -0.05) is 24.3 Å². The summed E-state index contributed by atoms with van der Waals surface area (Å²) in [5, 5.41) is 0. The summed E-state index contributed by atoms with van der Waals surface area (Å²) in [6, 6.07) is 17.4. The first kappa shape index (κ1) is 15.4. The SMILES string of the molecule is CN1c2ccccc2N(C)c2c(-c3cc4c(cn3)CCCC4)cccc21. The molecule has 0 saturated heterocycles. The van der Waals surface area contributed by atoms with E-state index < -0.39 is 0 Å². The van der Waals surface area contributed by atoms with Gasteiger partial charge in [0.25, 0.3) is 0 Å². The molecule has 1 aliphatic heterocycles. The Balaban J connectivity index is 1.69. The molecule has 2 aliphatic rings. The molecule has 0 atom stereocenters. The lowest BCUT2D eigenvalue weighted by Gasteiger charge is -2.37. The Kier molecular flexibility index (Phi) is 3.49. The second-order valence-corrected chi connectivity index (χ2v) is 7.33. The molecule has 0 saturated carbocycles. The molecule has 0 spiro atoms. The van der Waals surface area contributed by atoms with Crippen LogP contribution in [0.5, 0.6) is 0 Å². The Morgan fingerprint density at radius 2 is 1.46 bits per heavy atom. The summed E-state index contributed by atoms with van der Waals surface area (Å²) in [7, 11) is 4.31. The van der Waals surface area contributed by atoms with Crippen LogP contribution < -0.4 is 9.80 Å². The maximum atomic E-state index is 4.84. The van der Waals surface area contributed by atoms with Crippen LogP contribution in [0.1, 0.15) is 24.0 Å². The summed E-state index contributed by atoms with van der Waals surface area (Å²) < 4.78 is 0. The van der Waals surface area contributed by atoms with Gasteiger partial charge in [0.05, 0.1) is 28.4 Å². The van der Waals surface area contributed by atoms with Gasteiger partial charge in [0.15, 0.2) is 0 Å². The minimum atomic E-state index is 1.09. The summed E-state index contributed by atoms with van der Waals surface area (Å²) in [5.41, 5.74) is 10.1. The van der Waals surface area contributed by atoms with Gasteiger partial charge < -0.3 is 9.80 Å². The molecule has 0 N–H and O–H groups in total. The fourth-order valence-corrected chi connectivity index (χ4v) is 4.40. The van der Waals surface area contributed by atoms with Gasteiger partial charge in [-0.05, 0) is 61.1 Å². The number of anilines is 4. The van der Waals surface area contributed by atoms with E-state index in [0.717, 1.165) is 5.69 Å². The number of fused-ring (bicyclic) bond motifs is 3. The third-order valence-electron chi connectivity index (χ3n) is 5.82. The number of hydrogen-bond donors (Lipinski definition) is 0. The normalized spacial score (nSPS) is 15.3. The van der Waals surface area contributed by atoms with Crippen molar-refractivity contribution >= 4 is 22.7 Å². The molecule has 1 aliphatic carbocycles. The van der Waals surface area contributed by atoms with Crippen molar-refractivity contribution in [3.8, 4) is 11.3 Å². The molecule has 2 heterocycles. The van der Waals surface area contributed by atoms with Crippen LogP contribution in [0, 0.1) is 0 Å². The number of rotatable bonds is 1. The van der Waals surface area contributed by atoms with Gasteiger partial charge in [-0.3, -0.25) is 4.98 Å². The predicted octanol–water partition coefficient (Wildman–Crippen LogP) is 5.48. The van der Waals surface area contributed by atoms with Gasteiger partial charge in [-0.25, -0.2) is 0 Å². The average molecular weight is 341 g/mol. The molecule has 3 aromatic rings. The standard InChI is InChI=1S/C23H23N3/c1-25-20-11-5-6-12-21(20)26(2)23-18(10-7-13-22(23)25)19-14-16-8-3-4-9-17(16)15-24-19/h5-7,10-15H,3-4,8-9H2,1-2H3. The predicted molar refractivity (Wildman–Crippen MR) is 109 cm³/mol. The molecule has 1 aromatic heterocycles. The second kappa shape index (κ2) is 5.87. The van der Waals surface area contributed by atoms with E-state index in [-0.39, 0.29) is 0 Å². The Labute approximate surface area is 154 Å². The molecule has 0 bridgehead atoms. The number of pyridine rings is 1. The van der Waals surface area contributed by atoms with Crippen LogP contribution in [0.4, 0.5) is 22.7 Å². The van der Waals surface area contributed by atoms with E-state index in [1.54, 1.807) is 0 Å². The molecule has 26 heavy (non-hydrogen) atoms. The Bertz CT molecular complexity index is 992. The lowest BCUT2D eigenvalue weighted by atomic mass is 9.91. The summed E-state index contributed by atoms with van der Waals surface area (Å²) in [4.78, 5) is 9.43. The molecule has 2 aromatic carbocycles. The van der Waals surface area contributed by atoms with E-state index in [9.17, 15) is 0 Å². The summed E-state index contributed by atoms with van der Waals surface area (Å²) in [6.45, 7) is 0. The zero-order chi connectivity index (χ0) is 17.7. The zero-order valence-corrected chi connectivity index (χ0v) is 15.4. The smallest absolute Gasteiger partial charge is 0.0745 e. The minimum absolute atomic E-state index is 1.09. The summed E-state index contributed by atoms with van der Waals surface area (Å²) in [5.74, 6) is 0. The number of nitrogens with zero attached hydrogens (tertiary/aromatic N) is 3. The minimum Gasteiger partial charge on any atom is -0.341 e. The van der Waals surface area contributed by atoms with E-state index >= 15 is 0 Å². The molecule has 0 amide bonds. The third kappa shape index (κ3) is 2.23. The number of aromatic nitrogens is 1. The number of hydrogen-bond acceptors (Lipinski definition) is 3. The molecule has 0 fully saturated rings. The van der Waals surface area contributed by atoms with Gasteiger partial charge in [0, 0.05) is 25.9 Å². The highest BCUT2D eigenvalue weighted by Gasteiger charge is 2.27. The molecular formula is C23H23N3. The molecule has 0 radical (unpaired) electrons. The fourth-order valence-electron chi connectivity index (χ4n) is 4.40. The van der Waals surface area contributed by atoms with Crippen molar-refractivity contribution in [1.82, 2.24) is 4.98 Å². The monoisotopic (exact) mass is 341 g/mol. The van der Waals surface area contributed by atoms with Crippen LogP contribution >= 0.6 is 0 Å². The average Bonchev–Trinajstić information content (AvgIpc) is 2.71. The fraction of sp³-hybridized carbons (Fsp3) is 0.261. The molecule has 0 unspecified atom stereocenters. The van der Waals surface area contributed by atoms with Crippen LogP contribution in [0.15, 0.2) is 54.7 Å². The lowest BCUT2D eigenvalue weighted by molar-refractivity contribution is 0.682. The molecule has 3 nitrogen and oxygen atoms in total. The van der Waals surface area contributed by atoms with Gasteiger partial charge in [0.1, 0.15) is 0 Å². The van der Waals surface area contributed by atoms with Crippen molar-refractivity contribution in [1.29, 1.82) is 0 Å². The topological polar surface area (TPSA) is 19.4 Å². The Morgan fingerprint density at radius 3 is 2.27 bits per heavy atom. The zero-order valence-electron chi connectivity index (χ0n) is 15.4. The largest absolute Gasteiger partial charge is 0.341 e. The van der Waals surface area contributed by atoms with E-state index in [2.05, 4.69) is 78.6 Å². The van der Waals surface area contributed by atoms with Crippen LogP contribution in [0.3, 0.4) is 0 Å². The van der Waals surface area contributed by atoms with E-state index in [4.69, 9.17) is 4.98 Å². The number of aryl methyl sites for hydroxylation is 2. The van der Waals surface area contributed by atoms with Gasteiger partial charge in [-0.15, -0.1) is 0 Å². The first-order valence-electron chi connectivity index (χ1n) is 9.42. The number of para-hydroxylation sites is 3. The van der Waals surface area contributed by atoms with Crippen molar-refractivity contribution < 1.29 is 0 Å². The molecule has 130 valence electrons. The Hall–Kier alpha value is -2.81. The van der Waals surface area contributed by atoms with Crippen molar-refractivity contribution in [3.05, 3.63) is 65.9 Å². The third-order valence-corrected chi connectivity index (χ3v) is 5.82. The maximum Gasteiger partial charge on any atom is 0.0745 e. The Morgan fingerprint density at radius 1 is 0.769 bits per heavy atom. The van der Waals surface area contributed by atoms with Crippen molar-refractivity contribution in [2.24, 2.45) is 0 Å². The van der Waals surface area contributed by atoms with Crippen LogP contribution in [0.25, 0.3) is 11.3 Å². The summed E-state index contributed by atoms with van der Waals surface area (Å²) in [6.07, 6.45) is 7.03. The molecule has 5 rings (SSSR count). The van der Waals surface area contributed by atoms with Gasteiger partial charge >= 0.3 is 0 Å². The highest BCUT2D eigenvalue weighted by atomic mass is 15.2. The van der Waals surface area contributed by atoms with Gasteiger partial charge in [-0.2, -0.15) is 0 Å². The highest BCUT2D eigenvalue weighted by molar-refractivity contribution is 5.99. The van der Waals surface area contributed by atoms with Crippen molar-refractivity contribution in [3.63, 3.8) is 0 Å². The van der Waals surface area contributed by atoms with Crippen LogP contribution in [0.2, 0.25) is 0 Å². The van der Waals surface area contributed by atoms with Crippen LogP contribution in [-0.2, 0) is 12.8 Å². The molecule has 3 heteroatoms. The highest BCUT2D eigenvalue weighted by Crippen LogP contribution is 2.49. The maximum absolute atomic E-state index is 4.84. The van der Waals surface area contributed by atoms with Crippen LogP contribution in [-0.4, -0.2) is 19.1 Å². The first-order chi connectivity index (χ1) is 12.7. The van der Waals surface area contributed by atoms with Crippen molar-refractivity contribution in [2.75, 3.05) is 23.9 Å².